The smallest absolute Gasteiger partial charge is 0.241 e. The van der Waals surface area contributed by atoms with Crippen molar-refractivity contribution in [3.8, 4) is 17.1 Å². The Morgan fingerprint density at radius 3 is 2.94 bits per heavy atom. The van der Waals surface area contributed by atoms with Crippen molar-refractivity contribution in [1.29, 1.82) is 0 Å². The third-order valence-corrected chi connectivity index (χ3v) is 5.62. The molecule has 2 unspecified atom stereocenters. The Bertz CT molecular complexity index is 1050. The molecule has 1 saturated heterocycles. The van der Waals surface area contributed by atoms with Crippen molar-refractivity contribution in [2.45, 2.75) is 31.7 Å². The second kappa shape index (κ2) is 9.26. The summed E-state index contributed by atoms with van der Waals surface area (Å²) in [7, 11) is 1.58. The van der Waals surface area contributed by atoms with E-state index in [2.05, 4.69) is 20.4 Å². The number of rotatable bonds is 6. The summed E-state index contributed by atoms with van der Waals surface area (Å²) < 4.78 is 24.3. The number of anilines is 1. The maximum atomic E-state index is 13.5. The predicted octanol–water partition coefficient (Wildman–Crippen LogP) is 4.09. The van der Waals surface area contributed by atoms with Gasteiger partial charge in [0.05, 0.1) is 24.8 Å². The Labute approximate surface area is 180 Å². The van der Waals surface area contributed by atoms with Gasteiger partial charge >= 0.3 is 0 Å². The third kappa shape index (κ3) is 4.74. The SMILES string of the molecule is COc1ccccc1NC(=O)C(C)N1CCCC(c2nc(-c3cccc(F)c3)no2)C1. The molecule has 0 saturated carbocycles. The molecule has 1 N–H and O–H groups in total. The Morgan fingerprint density at radius 2 is 2.13 bits per heavy atom. The van der Waals surface area contributed by atoms with Gasteiger partial charge in [-0.3, -0.25) is 9.69 Å². The molecule has 4 rings (SSSR count). The number of amides is 1. The summed E-state index contributed by atoms with van der Waals surface area (Å²) in [6.45, 7) is 3.33. The van der Waals surface area contributed by atoms with Crippen molar-refractivity contribution in [2.75, 3.05) is 25.5 Å². The Hall–Kier alpha value is -3.26. The number of hydrogen-bond donors (Lipinski definition) is 1. The zero-order valence-corrected chi connectivity index (χ0v) is 17.5. The zero-order valence-electron chi connectivity index (χ0n) is 17.5. The van der Waals surface area contributed by atoms with Crippen molar-refractivity contribution in [2.24, 2.45) is 0 Å². The van der Waals surface area contributed by atoms with Gasteiger partial charge in [0, 0.05) is 12.1 Å². The van der Waals surface area contributed by atoms with Gasteiger partial charge in [0.25, 0.3) is 0 Å². The monoisotopic (exact) mass is 424 g/mol. The van der Waals surface area contributed by atoms with Crippen molar-refractivity contribution in [3.05, 3.63) is 60.2 Å². The molecule has 162 valence electrons. The van der Waals surface area contributed by atoms with Crippen LogP contribution in [0.1, 0.15) is 31.6 Å². The molecule has 1 amide bonds. The fraction of sp³-hybridized carbons (Fsp3) is 0.348. The normalized spacial score (nSPS) is 17.8. The number of methoxy groups -OCH3 is 1. The van der Waals surface area contributed by atoms with Crippen molar-refractivity contribution >= 4 is 11.6 Å². The Kier molecular flexibility index (Phi) is 6.27. The first kappa shape index (κ1) is 21.0. The van der Waals surface area contributed by atoms with Gasteiger partial charge in [0.2, 0.25) is 17.6 Å². The quantitative estimate of drug-likeness (QED) is 0.642. The van der Waals surface area contributed by atoms with Crippen LogP contribution in [0.2, 0.25) is 0 Å². The molecule has 0 radical (unpaired) electrons. The van der Waals surface area contributed by atoms with E-state index < -0.39 is 0 Å². The molecule has 8 heteroatoms. The van der Waals surface area contributed by atoms with Gasteiger partial charge in [-0.2, -0.15) is 4.98 Å². The van der Waals surface area contributed by atoms with Crippen LogP contribution in [-0.4, -0.2) is 47.2 Å². The number of nitrogens with zero attached hydrogens (tertiary/aromatic N) is 3. The summed E-state index contributed by atoms with van der Waals surface area (Å²) in [5.41, 5.74) is 1.22. The number of carbonyl (C=O) groups excluding carboxylic acids is 1. The number of likely N-dealkylation sites (tertiary alicyclic amines) is 1. The first-order valence-corrected chi connectivity index (χ1v) is 10.3. The van der Waals surface area contributed by atoms with Gasteiger partial charge in [-0.05, 0) is 50.6 Å². The molecule has 1 aliphatic rings. The highest BCUT2D eigenvalue weighted by molar-refractivity contribution is 5.95. The molecule has 7 nitrogen and oxygen atoms in total. The van der Waals surface area contributed by atoms with E-state index in [0.29, 0.717) is 35.3 Å². The molecule has 0 bridgehead atoms. The molecule has 31 heavy (non-hydrogen) atoms. The number of aromatic nitrogens is 2. The van der Waals surface area contributed by atoms with E-state index in [1.165, 1.54) is 12.1 Å². The minimum Gasteiger partial charge on any atom is -0.495 e. The maximum Gasteiger partial charge on any atom is 0.241 e. The number of nitrogens with one attached hydrogen (secondary N) is 1. The van der Waals surface area contributed by atoms with Crippen LogP contribution in [0.15, 0.2) is 53.1 Å². The zero-order chi connectivity index (χ0) is 21.8. The number of carbonyl (C=O) groups is 1. The first-order chi connectivity index (χ1) is 15.0. The lowest BCUT2D eigenvalue weighted by molar-refractivity contribution is -0.121. The summed E-state index contributed by atoms with van der Waals surface area (Å²) in [6, 6.07) is 13.1. The fourth-order valence-electron chi connectivity index (χ4n) is 3.86. The summed E-state index contributed by atoms with van der Waals surface area (Å²) in [5.74, 6) is 1.08. The van der Waals surface area contributed by atoms with E-state index >= 15 is 0 Å². The van der Waals surface area contributed by atoms with Crippen LogP contribution in [-0.2, 0) is 4.79 Å². The molecular weight excluding hydrogens is 399 g/mol. The second-order valence-corrected chi connectivity index (χ2v) is 7.67. The fourth-order valence-corrected chi connectivity index (χ4v) is 3.86. The molecule has 0 spiro atoms. The van der Waals surface area contributed by atoms with Gasteiger partial charge in [0.1, 0.15) is 11.6 Å². The third-order valence-electron chi connectivity index (χ3n) is 5.62. The minimum atomic E-state index is -0.345. The van der Waals surface area contributed by atoms with Crippen molar-refractivity contribution < 1.29 is 18.4 Å². The van der Waals surface area contributed by atoms with Crippen LogP contribution in [0.25, 0.3) is 11.4 Å². The lowest BCUT2D eigenvalue weighted by Crippen LogP contribution is -2.46. The van der Waals surface area contributed by atoms with E-state index in [-0.39, 0.29) is 23.7 Å². The summed E-state index contributed by atoms with van der Waals surface area (Å²) in [4.78, 5) is 19.5. The van der Waals surface area contributed by atoms with Crippen molar-refractivity contribution in [1.82, 2.24) is 15.0 Å². The molecule has 1 fully saturated rings. The van der Waals surface area contributed by atoms with Gasteiger partial charge in [-0.1, -0.05) is 29.4 Å². The molecule has 2 aromatic carbocycles. The maximum absolute atomic E-state index is 13.5. The van der Waals surface area contributed by atoms with Crippen LogP contribution < -0.4 is 10.1 Å². The van der Waals surface area contributed by atoms with E-state index in [0.717, 1.165) is 19.4 Å². The van der Waals surface area contributed by atoms with Gasteiger partial charge < -0.3 is 14.6 Å². The largest absolute Gasteiger partial charge is 0.495 e. The topological polar surface area (TPSA) is 80.5 Å². The molecule has 0 aliphatic carbocycles. The van der Waals surface area contributed by atoms with Crippen LogP contribution in [0.4, 0.5) is 10.1 Å². The first-order valence-electron chi connectivity index (χ1n) is 10.3. The highest BCUT2D eigenvalue weighted by Gasteiger charge is 2.31. The molecule has 3 aromatic rings. The Balaban J connectivity index is 1.43. The molecule has 1 aliphatic heterocycles. The van der Waals surface area contributed by atoms with Crippen LogP contribution >= 0.6 is 0 Å². The molecule has 2 heterocycles. The molecule has 1 aromatic heterocycles. The standard InChI is InChI=1S/C23H25FN4O3/c1-15(22(29)25-19-10-3-4-11-20(19)30-2)28-12-6-8-17(14-28)23-26-21(27-31-23)16-7-5-9-18(24)13-16/h3-5,7,9-11,13,15,17H,6,8,12,14H2,1-2H3,(H,25,29). The highest BCUT2D eigenvalue weighted by Crippen LogP contribution is 2.29. The average Bonchev–Trinajstić information content (AvgIpc) is 3.29. The van der Waals surface area contributed by atoms with E-state index in [9.17, 15) is 9.18 Å². The Morgan fingerprint density at radius 1 is 1.29 bits per heavy atom. The summed E-state index contributed by atoms with van der Waals surface area (Å²) in [5, 5.41) is 6.97. The minimum absolute atomic E-state index is 0.0186. The van der Waals surface area contributed by atoms with E-state index in [4.69, 9.17) is 9.26 Å². The second-order valence-electron chi connectivity index (χ2n) is 7.67. The van der Waals surface area contributed by atoms with Gasteiger partial charge in [0.15, 0.2) is 0 Å². The van der Waals surface area contributed by atoms with E-state index in [1.54, 1.807) is 19.2 Å². The summed E-state index contributed by atoms with van der Waals surface area (Å²) >= 11 is 0. The number of ether oxygens (including phenoxy) is 1. The number of benzene rings is 2. The van der Waals surface area contributed by atoms with Gasteiger partial charge in [-0.25, -0.2) is 4.39 Å². The number of hydrogen-bond acceptors (Lipinski definition) is 6. The highest BCUT2D eigenvalue weighted by atomic mass is 19.1. The van der Waals surface area contributed by atoms with Crippen LogP contribution in [0.5, 0.6) is 5.75 Å². The van der Waals surface area contributed by atoms with Crippen LogP contribution in [0, 0.1) is 5.82 Å². The average molecular weight is 424 g/mol. The lowest BCUT2D eigenvalue weighted by atomic mass is 9.96. The van der Waals surface area contributed by atoms with Crippen molar-refractivity contribution in [3.63, 3.8) is 0 Å². The molecular formula is C23H25FN4O3. The molecule has 2 atom stereocenters. The van der Waals surface area contributed by atoms with Crippen LogP contribution in [0.3, 0.4) is 0 Å². The lowest BCUT2D eigenvalue weighted by Gasteiger charge is -2.34. The predicted molar refractivity (Wildman–Crippen MR) is 114 cm³/mol. The van der Waals surface area contributed by atoms with E-state index in [1.807, 2.05) is 31.2 Å². The summed E-state index contributed by atoms with van der Waals surface area (Å²) in [6.07, 6.45) is 1.80. The number of piperidine rings is 1. The van der Waals surface area contributed by atoms with Gasteiger partial charge in [-0.15, -0.1) is 0 Å². The number of para-hydroxylation sites is 2. The number of halogens is 1.